The summed E-state index contributed by atoms with van der Waals surface area (Å²) in [5, 5.41) is 8.53. The quantitative estimate of drug-likeness (QED) is 0.569. The van der Waals surface area contributed by atoms with Crippen LogP contribution in [-0.2, 0) is 9.59 Å². The van der Waals surface area contributed by atoms with E-state index in [0.717, 1.165) is 0 Å². The molecule has 0 heterocycles. The van der Waals surface area contributed by atoms with E-state index in [2.05, 4.69) is 0 Å². The number of carboxylic acid groups (broad SMARTS) is 1. The summed E-state index contributed by atoms with van der Waals surface area (Å²) >= 11 is 0. The third-order valence-electron chi connectivity index (χ3n) is 2.54. The van der Waals surface area contributed by atoms with Crippen molar-refractivity contribution in [1.82, 2.24) is 0 Å². The highest BCUT2D eigenvalue weighted by Crippen LogP contribution is 2.55. The van der Waals surface area contributed by atoms with Gasteiger partial charge in [0.25, 0.3) is 0 Å². The van der Waals surface area contributed by atoms with Crippen molar-refractivity contribution in [1.29, 1.82) is 0 Å². The van der Waals surface area contributed by atoms with Crippen molar-refractivity contribution >= 4 is 11.8 Å². The average molecular weight is 140 g/mol. The van der Waals surface area contributed by atoms with Gasteiger partial charge in [-0.3, -0.25) is 9.59 Å². The van der Waals surface area contributed by atoms with Crippen LogP contribution in [0.2, 0.25) is 0 Å². The van der Waals surface area contributed by atoms with Gasteiger partial charge in [0.2, 0.25) is 0 Å². The van der Waals surface area contributed by atoms with E-state index in [1.54, 1.807) is 0 Å². The van der Waals surface area contributed by atoms with Gasteiger partial charge < -0.3 is 5.11 Å². The number of carbonyl (C=O) groups is 2. The summed E-state index contributed by atoms with van der Waals surface area (Å²) in [4.78, 5) is 21.0. The molecule has 54 valence electrons. The van der Waals surface area contributed by atoms with Crippen LogP contribution in [0.15, 0.2) is 0 Å². The van der Waals surface area contributed by atoms with Crippen LogP contribution in [0.25, 0.3) is 0 Å². The van der Waals surface area contributed by atoms with Crippen molar-refractivity contribution in [3.05, 3.63) is 0 Å². The van der Waals surface area contributed by atoms with Crippen LogP contribution < -0.4 is 0 Å². The molecule has 10 heavy (non-hydrogen) atoms. The molecule has 2 saturated carbocycles. The molecule has 2 fully saturated rings. The van der Waals surface area contributed by atoms with Crippen molar-refractivity contribution in [2.24, 2.45) is 17.8 Å². The molecule has 2 aliphatic carbocycles. The molecule has 2 aliphatic rings. The number of hydrogen-bond donors (Lipinski definition) is 1. The first-order chi connectivity index (χ1) is 4.70. The van der Waals surface area contributed by atoms with E-state index in [1.165, 1.54) is 0 Å². The van der Waals surface area contributed by atoms with Crippen LogP contribution in [0.1, 0.15) is 12.8 Å². The molecule has 3 heteroatoms. The second kappa shape index (κ2) is 1.59. The van der Waals surface area contributed by atoms with Gasteiger partial charge >= 0.3 is 5.97 Å². The van der Waals surface area contributed by atoms with Crippen LogP contribution in [-0.4, -0.2) is 16.9 Å². The molecule has 1 unspecified atom stereocenters. The molecule has 3 nitrogen and oxygen atoms in total. The van der Waals surface area contributed by atoms with E-state index in [9.17, 15) is 9.59 Å². The van der Waals surface area contributed by atoms with E-state index in [0.29, 0.717) is 12.8 Å². The highest BCUT2D eigenvalue weighted by atomic mass is 16.4. The molecule has 0 aromatic rings. The van der Waals surface area contributed by atoms with Crippen molar-refractivity contribution in [2.75, 3.05) is 0 Å². The molecule has 0 aromatic heterocycles. The maximum atomic E-state index is 10.7. The van der Waals surface area contributed by atoms with Crippen molar-refractivity contribution in [3.63, 3.8) is 0 Å². The minimum atomic E-state index is -0.720. The van der Waals surface area contributed by atoms with Crippen molar-refractivity contribution in [2.45, 2.75) is 12.8 Å². The Labute approximate surface area is 58.0 Å². The SMILES string of the molecule is O=C1C[C@@H]2C(C(=O)O)[C@@H]2C1. The van der Waals surface area contributed by atoms with Crippen molar-refractivity contribution in [3.8, 4) is 0 Å². The summed E-state index contributed by atoms with van der Waals surface area (Å²) in [5.41, 5.74) is 0. The number of rotatable bonds is 1. The highest BCUT2D eigenvalue weighted by molar-refractivity contribution is 5.87. The van der Waals surface area contributed by atoms with Gasteiger partial charge in [-0.2, -0.15) is 0 Å². The Kier molecular flexibility index (Phi) is 0.938. The van der Waals surface area contributed by atoms with Gasteiger partial charge in [-0.05, 0) is 11.8 Å². The number of Topliss-reactive ketones (excluding diaryl/α,β-unsaturated/α-hetero) is 1. The fourth-order valence-corrected chi connectivity index (χ4v) is 1.98. The number of fused-ring (bicyclic) bond motifs is 1. The van der Waals surface area contributed by atoms with E-state index in [-0.39, 0.29) is 23.5 Å². The molecule has 0 radical (unpaired) electrons. The summed E-state index contributed by atoms with van der Waals surface area (Å²) < 4.78 is 0. The van der Waals surface area contributed by atoms with Crippen LogP contribution in [0.4, 0.5) is 0 Å². The summed E-state index contributed by atoms with van der Waals surface area (Å²) in [7, 11) is 0. The largest absolute Gasteiger partial charge is 0.481 e. The zero-order valence-corrected chi connectivity index (χ0v) is 5.41. The van der Waals surface area contributed by atoms with Gasteiger partial charge in [-0.25, -0.2) is 0 Å². The second-order valence-electron chi connectivity index (χ2n) is 3.14. The van der Waals surface area contributed by atoms with Gasteiger partial charge in [0.1, 0.15) is 5.78 Å². The molecule has 0 spiro atoms. The lowest BCUT2D eigenvalue weighted by Gasteiger charge is -1.93. The number of hydrogen-bond acceptors (Lipinski definition) is 2. The molecule has 0 aromatic carbocycles. The summed E-state index contributed by atoms with van der Waals surface area (Å²) in [5.74, 6) is -0.261. The molecule has 0 bridgehead atoms. The Balaban J connectivity index is 2.04. The first-order valence-electron chi connectivity index (χ1n) is 3.44. The Morgan fingerprint density at radius 3 is 2.30 bits per heavy atom. The predicted octanol–water partition coefficient (Wildman–Crippen LogP) is 0.296. The standard InChI is InChI=1S/C7H8O3/c8-3-1-4-5(2-3)6(4)7(9)10/h4-6H,1-2H2,(H,9,10)/t4-,5+,6?. The Hall–Kier alpha value is -0.860. The van der Waals surface area contributed by atoms with E-state index >= 15 is 0 Å². The summed E-state index contributed by atoms with van der Waals surface area (Å²) in [6, 6.07) is 0. The monoisotopic (exact) mass is 140 g/mol. The molecule has 0 saturated heterocycles. The average Bonchev–Trinajstić information content (AvgIpc) is 2.32. The number of carbonyl (C=O) groups excluding carboxylic acids is 1. The minimum Gasteiger partial charge on any atom is -0.481 e. The number of carboxylic acids is 1. The maximum Gasteiger partial charge on any atom is 0.307 e. The highest BCUT2D eigenvalue weighted by Gasteiger charge is 2.59. The topological polar surface area (TPSA) is 54.4 Å². The fraction of sp³-hybridized carbons (Fsp3) is 0.714. The zero-order valence-electron chi connectivity index (χ0n) is 5.41. The molecule has 1 N–H and O–H groups in total. The number of ketones is 1. The molecular formula is C7H8O3. The van der Waals surface area contributed by atoms with Gasteiger partial charge in [-0.15, -0.1) is 0 Å². The first-order valence-corrected chi connectivity index (χ1v) is 3.44. The van der Waals surface area contributed by atoms with Crippen LogP contribution in [0, 0.1) is 17.8 Å². The summed E-state index contributed by atoms with van der Waals surface area (Å²) in [6.45, 7) is 0. The minimum absolute atomic E-state index is 0.183. The smallest absolute Gasteiger partial charge is 0.307 e. The molecular weight excluding hydrogens is 132 g/mol. The van der Waals surface area contributed by atoms with E-state index in [1.807, 2.05) is 0 Å². The lowest BCUT2D eigenvalue weighted by molar-refractivity contribution is -0.139. The normalized spacial score (nSPS) is 43.2. The van der Waals surface area contributed by atoms with Gasteiger partial charge in [0.15, 0.2) is 0 Å². The predicted molar refractivity (Wildman–Crippen MR) is 32.3 cm³/mol. The van der Waals surface area contributed by atoms with E-state index < -0.39 is 5.97 Å². The van der Waals surface area contributed by atoms with Gasteiger partial charge in [0, 0.05) is 12.8 Å². The van der Waals surface area contributed by atoms with Crippen LogP contribution >= 0.6 is 0 Å². The van der Waals surface area contributed by atoms with Crippen LogP contribution in [0.3, 0.4) is 0 Å². The first kappa shape index (κ1) is 5.89. The number of aliphatic carboxylic acids is 1. The molecule has 0 aliphatic heterocycles. The Morgan fingerprint density at radius 2 is 1.90 bits per heavy atom. The zero-order chi connectivity index (χ0) is 7.30. The molecule has 2 rings (SSSR count). The van der Waals surface area contributed by atoms with Gasteiger partial charge in [0.05, 0.1) is 5.92 Å². The molecule has 0 amide bonds. The fourth-order valence-electron chi connectivity index (χ4n) is 1.98. The third-order valence-corrected chi connectivity index (χ3v) is 2.54. The Bertz CT molecular complexity index is 195. The second-order valence-corrected chi connectivity index (χ2v) is 3.14. The lowest BCUT2D eigenvalue weighted by Crippen LogP contribution is -2.06. The van der Waals surface area contributed by atoms with Crippen LogP contribution in [0.5, 0.6) is 0 Å². The maximum absolute atomic E-state index is 10.7. The summed E-state index contributed by atoms with van der Waals surface area (Å²) in [6.07, 6.45) is 1.03. The van der Waals surface area contributed by atoms with Gasteiger partial charge in [-0.1, -0.05) is 0 Å². The Morgan fingerprint density at radius 1 is 1.40 bits per heavy atom. The molecule has 3 atom stereocenters. The van der Waals surface area contributed by atoms with E-state index in [4.69, 9.17) is 5.11 Å². The van der Waals surface area contributed by atoms with Crippen molar-refractivity contribution < 1.29 is 14.7 Å². The lowest BCUT2D eigenvalue weighted by atomic mass is 10.1. The third kappa shape index (κ3) is 0.602.